The molecule has 0 radical (unpaired) electrons. The summed E-state index contributed by atoms with van der Waals surface area (Å²) in [5.74, 6) is 0.205. The number of nitro groups is 1. The van der Waals surface area contributed by atoms with E-state index in [-0.39, 0.29) is 30.3 Å². The summed E-state index contributed by atoms with van der Waals surface area (Å²) in [6.45, 7) is 4.65. The number of fused-ring (bicyclic) bond motifs is 1. The summed E-state index contributed by atoms with van der Waals surface area (Å²) in [6.07, 6.45) is 2.19. The van der Waals surface area contributed by atoms with Gasteiger partial charge in [0.1, 0.15) is 24.3 Å². The molecule has 1 aromatic heterocycles. The highest BCUT2D eigenvalue weighted by Crippen LogP contribution is 2.32. The molecule has 1 fully saturated rings. The molecule has 0 unspecified atom stereocenters. The van der Waals surface area contributed by atoms with E-state index in [1.165, 1.54) is 18.3 Å². The Hall–Kier alpha value is -4.26. The van der Waals surface area contributed by atoms with Gasteiger partial charge < -0.3 is 34.0 Å². The third-order valence-electron chi connectivity index (χ3n) is 6.80. The first-order valence-corrected chi connectivity index (χ1v) is 13.1. The lowest BCUT2D eigenvalue weighted by Gasteiger charge is -2.33. The minimum atomic E-state index is -4.70. The van der Waals surface area contributed by atoms with Gasteiger partial charge in [0.15, 0.2) is 5.60 Å². The number of hydrogen-bond acceptors (Lipinski definition) is 8. The van der Waals surface area contributed by atoms with Crippen molar-refractivity contribution in [1.29, 1.82) is 0 Å². The molecule has 0 spiro atoms. The zero-order chi connectivity index (χ0) is 29.0. The van der Waals surface area contributed by atoms with Crippen LogP contribution >= 0.6 is 0 Å². The second kappa shape index (κ2) is 11.7. The molecule has 3 heterocycles. The Morgan fingerprint density at radius 3 is 2.44 bits per heavy atom. The van der Waals surface area contributed by atoms with Crippen LogP contribution in [0.1, 0.15) is 25.3 Å². The van der Waals surface area contributed by atoms with Crippen molar-refractivity contribution in [2.24, 2.45) is 0 Å². The largest absolute Gasteiger partial charge is 0.573 e. The number of anilines is 1. The van der Waals surface area contributed by atoms with Crippen LogP contribution in [-0.2, 0) is 11.3 Å². The summed E-state index contributed by atoms with van der Waals surface area (Å²) in [7, 11) is 0. The van der Waals surface area contributed by atoms with Gasteiger partial charge in [0.05, 0.1) is 19.3 Å². The zero-order valence-electron chi connectivity index (χ0n) is 22.3. The number of imidazole rings is 1. The maximum absolute atomic E-state index is 12.3. The van der Waals surface area contributed by atoms with Crippen molar-refractivity contribution < 1.29 is 37.0 Å². The molecule has 0 N–H and O–H groups in total. The molecule has 1 saturated heterocycles. The van der Waals surface area contributed by atoms with Gasteiger partial charge in [0.2, 0.25) is 0 Å². The molecule has 5 rings (SSSR count). The summed E-state index contributed by atoms with van der Waals surface area (Å²) in [5, 5.41) is 10.9. The Morgan fingerprint density at radius 1 is 1.12 bits per heavy atom. The first kappa shape index (κ1) is 28.3. The van der Waals surface area contributed by atoms with E-state index in [1.54, 1.807) is 22.8 Å². The molecule has 10 nitrogen and oxygen atoms in total. The maximum atomic E-state index is 12.3. The van der Waals surface area contributed by atoms with Gasteiger partial charge in [-0.25, -0.2) is 0 Å². The van der Waals surface area contributed by atoms with Crippen molar-refractivity contribution >= 4 is 17.6 Å². The third kappa shape index (κ3) is 7.48. The topological polar surface area (TPSA) is 101 Å². The highest BCUT2D eigenvalue weighted by Gasteiger charge is 2.41. The zero-order valence-corrected chi connectivity index (χ0v) is 22.3. The molecule has 2 aromatic carbocycles. The molecule has 1 atom stereocenters. The van der Waals surface area contributed by atoms with Gasteiger partial charge in [-0.15, -0.1) is 13.2 Å². The minimum absolute atomic E-state index is 0.129. The molecule has 0 amide bonds. The van der Waals surface area contributed by atoms with E-state index in [2.05, 4.69) is 14.6 Å². The van der Waals surface area contributed by atoms with E-state index in [0.717, 1.165) is 37.2 Å². The van der Waals surface area contributed by atoms with Gasteiger partial charge in [-0.05, 0) is 66.7 Å². The molecule has 0 saturated carbocycles. The van der Waals surface area contributed by atoms with Crippen molar-refractivity contribution in [1.82, 2.24) is 9.55 Å². The Kier molecular flexibility index (Phi) is 8.06. The van der Waals surface area contributed by atoms with Gasteiger partial charge in [0.25, 0.3) is 0 Å². The van der Waals surface area contributed by atoms with E-state index < -0.39 is 16.9 Å². The molecular formula is C28H29F3N4O6. The van der Waals surface area contributed by atoms with Crippen LogP contribution in [0, 0.1) is 10.1 Å². The summed E-state index contributed by atoms with van der Waals surface area (Å²) in [4.78, 5) is 16.5. The van der Waals surface area contributed by atoms with E-state index in [0.29, 0.717) is 18.9 Å². The number of benzene rings is 2. The average molecular weight is 575 g/mol. The number of hydrogen-bond donors (Lipinski definition) is 0. The van der Waals surface area contributed by atoms with Gasteiger partial charge in [0, 0.05) is 23.8 Å². The fraction of sp³-hybridized carbons (Fsp3) is 0.393. The van der Waals surface area contributed by atoms with Crippen LogP contribution in [0.4, 0.5) is 24.7 Å². The van der Waals surface area contributed by atoms with Crippen molar-refractivity contribution in [3.05, 3.63) is 76.5 Å². The van der Waals surface area contributed by atoms with Crippen LogP contribution in [-0.4, -0.2) is 58.8 Å². The highest BCUT2D eigenvalue weighted by molar-refractivity contribution is 5.51. The van der Waals surface area contributed by atoms with Gasteiger partial charge in [-0.1, -0.05) is 24.3 Å². The lowest BCUT2D eigenvalue weighted by atomic mass is 10.1. The van der Waals surface area contributed by atoms with E-state index >= 15 is 0 Å². The first-order chi connectivity index (χ1) is 19.6. The molecular weight excluding hydrogens is 545 g/mol. The Balaban J connectivity index is 1.01. The van der Waals surface area contributed by atoms with Crippen LogP contribution in [0.5, 0.6) is 17.5 Å². The quantitative estimate of drug-likeness (QED) is 0.227. The minimum Gasteiger partial charge on any atom is -0.489 e. The smallest absolute Gasteiger partial charge is 0.489 e. The van der Waals surface area contributed by atoms with Crippen molar-refractivity contribution in [3.63, 3.8) is 0 Å². The molecule has 41 heavy (non-hydrogen) atoms. The van der Waals surface area contributed by atoms with E-state index in [1.807, 2.05) is 37.3 Å². The maximum Gasteiger partial charge on any atom is 0.573 e. The Labute approximate surface area is 234 Å². The highest BCUT2D eigenvalue weighted by atomic mass is 19.4. The number of piperidine rings is 1. The molecule has 218 valence electrons. The van der Waals surface area contributed by atoms with Crippen LogP contribution < -0.4 is 19.1 Å². The predicted molar refractivity (Wildman–Crippen MR) is 143 cm³/mol. The number of nitrogens with zero attached hydrogens (tertiary/aromatic N) is 4. The van der Waals surface area contributed by atoms with Crippen molar-refractivity contribution in [2.75, 3.05) is 31.2 Å². The molecule has 2 aliphatic heterocycles. The average Bonchev–Trinajstić information content (AvgIpc) is 3.46. The molecule has 2 aliphatic rings. The summed E-state index contributed by atoms with van der Waals surface area (Å²) >= 11 is 0. The number of aromatic nitrogens is 2. The van der Waals surface area contributed by atoms with E-state index in [9.17, 15) is 23.3 Å². The fourth-order valence-electron chi connectivity index (χ4n) is 4.78. The lowest BCUT2D eigenvalue weighted by molar-refractivity contribution is -0.389. The Bertz CT molecular complexity index is 1340. The van der Waals surface area contributed by atoms with Crippen molar-refractivity contribution in [2.45, 2.75) is 44.4 Å². The summed E-state index contributed by atoms with van der Waals surface area (Å²) < 4.78 is 60.0. The predicted octanol–water partition coefficient (Wildman–Crippen LogP) is 5.62. The standard InChI is InChI=1S/C28H29F3N4O6/c1-27(18-34-17-25(35(36)37)32-26(34)41-27)19-39-22-10-6-21(7-11-22)33-14-12-23(13-15-33)38-16-2-3-20-4-8-24(9-5-20)40-28(29,30)31/h2-11,17,23H,12-16,18-19H2,1H3/t27-/m1/s1. The molecule has 13 heteroatoms. The van der Waals surface area contributed by atoms with E-state index in [4.69, 9.17) is 14.2 Å². The fourth-order valence-corrected chi connectivity index (χ4v) is 4.78. The van der Waals surface area contributed by atoms with Gasteiger partial charge >= 0.3 is 18.2 Å². The van der Waals surface area contributed by atoms with Crippen LogP contribution in [0.3, 0.4) is 0 Å². The normalized spacial score (nSPS) is 19.3. The SMILES string of the molecule is C[C@]1(COc2ccc(N3CCC(OCC=Cc4ccc(OC(F)(F)F)cc4)CC3)cc2)Cn2cc([N+](=O)[O-])nc2O1. The first-order valence-electron chi connectivity index (χ1n) is 13.1. The summed E-state index contributed by atoms with van der Waals surface area (Å²) in [6, 6.07) is 13.7. The van der Waals surface area contributed by atoms with Gasteiger partial charge in [-0.2, -0.15) is 0 Å². The van der Waals surface area contributed by atoms with Crippen molar-refractivity contribution in [3.8, 4) is 17.5 Å². The number of halogens is 3. The molecule has 0 aliphatic carbocycles. The van der Waals surface area contributed by atoms with Crippen LogP contribution in [0.2, 0.25) is 0 Å². The number of alkyl halides is 3. The van der Waals surface area contributed by atoms with Crippen LogP contribution in [0.25, 0.3) is 6.08 Å². The van der Waals surface area contributed by atoms with Crippen LogP contribution in [0.15, 0.2) is 60.8 Å². The Morgan fingerprint density at radius 2 is 1.80 bits per heavy atom. The summed E-state index contributed by atoms with van der Waals surface area (Å²) in [5.41, 5.74) is 1.17. The number of rotatable bonds is 10. The van der Waals surface area contributed by atoms with Gasteiger partial charge in [-0.3, -0.25) is 4.57 Å². The number of ether oxygens (including phenoxy) is 4. The lowest BCUT2D eigenvalue weighted by Crippen LogP contribution is -2.38. The molecule has 0 bridgehead atoms. The molecule has 3 aromatic rings. The second-order valence-corrected chi connectivity index (χ2v) is 10.1. The third-order valence-corrected chi connectivity index (χ3v) is 6.80. The monoisotopic (exact) mass is 574 g/mol. The second-order valence-electron chi connectivity index (χ2n) is 10.1.